The van der Waals surface area contributed by atoms with Crippen LogP contribution in [0.3, 0.4) is 0 Å². The molecule has 180 valence electrons. The first kappa shape index (κ1) is 24.2. The molecule has 2 nitrogen and oxygen atoms in total. The average Bonchev–Trinajstić information content (AvgIpc) is 2.99. The molecule has 0 N–H and O–H groups in total. The minimum atomic E-state index is -0.0172. The second-order valence-corrected chi connectivity index (χ2v) is 13.7. The van der Waals surface area contributed by atoms with Gasteiger partial charge in [0.05, 0.1) is 6.04 Å². The van der Waals surface area contributed by atoms with Crippen LogP contribution >= 0.6 is 0 Å². The molecule has 6 unspecified atom stereocenters. The monoisotopic (exact) mass is 439 g/mol. The summed E-state index contributed by atoms with van der Waals surface area (Å²) in [6.07, 6.45) is 15.3. The summed E-state index contributed by atoms with van der Waals surface area (Å²) in [5.74, 6) is 2.74. The van der Waals surface area contributed by atoms with Crippen LogP contribution in [-0.2, 0) is 0 Å². The van der Waals surface area contributed by atoms with E-state index in [-0.39, 0.29) is 11.5 Å². The van der Waals surface area contributed by atoms with Crippen LogP contribution in [0.4, 0.5) is 0 Å². The van der Waals surface area contributed by atoms with E-state index in [2.05, 4.69) is 66.3 Å². The molecule has 0 aromatic heterocycles. The molecule has 4 aliphatic carbocycles. The normalized spacial score (nSPS) is 44.9. The van der Waals surface area contributed by atoms with Gasteiger partial charge in [-0.25, -0.2) is 0 Å². The number of nitrogens with zero attached hydrogens (tertiary/aromatic N) is 1. The van der Waals surface area contributed by atoms with E-state index in [1.54, 1.807) is 0 Å². The molecule has 2 heteroatoms. The standard InChI is InChI=1S/C30H49NO/c1-20(2)21(3)10-9-11-22-14-18-30(8)24-12-13-25-27(4,5)26(31-32)16-17-28(25,6)23(24)15-19-29(22,30)7/h12,20,22-23,25-26H,3,9-11,13-19H2,1-2,4-8H3/t22?,23?,25?,26?,28?,29?,30-/m0/s1. The molecule has 4 rings (SSSR count). The Morgan fingerprint density at radius 3 is 2.47 bits per heavy atom. The average molecular weight is 440 g/mol. The van der Waals surface area contributed by atoms with E-state index < -0.39 is 0 Å². The van der Waals surface area contributed by atoms with Gasteiger partial charge in [0.25, 0.3) is 0 Å². The van der Waals surface area contributed by atoms with Gasteiger partial charge in [-0.2, -0.15) is 4.91 Å². The number of nitroso groups, excluding NO2 is 1. The van der Waals surface area contributed by atoms with Crippen molar-refractivity contribution in [1.82, 2.24) is 0 Å². The van der Waals surface area contributed by atoms with E-state index >= 15 is 0 Å². The predicted octanol–water partition coefficient (Wildman–Crippen LogP) is 9.11. The lowest BCUT2D eigenvalue weighted by atomic mass is 9.41. The summed E-state index contributed by atoms with van der Waals surface area (Å²) in [6, 6.07) is -0.0172. The van der Waals surface area contributed by atoms with E-state index in [9.17, 15) is 4.91 Å². The van der Waals surface area contributed by atoms with Gasteiger partial charge in [0.15, 0.2) is 0 Å². The number of fused-ring (bicyclic) bond motifs is 5. The van der Waals surface area contributed by atoms with Crippen molar-refractivity contribution in [2.45, 2.75) is 119 Å². The Bertz CT molecular complexity index is 793. The number of allylic oxidation sites excluding steroid dienone is 3. The van der Waals surface area contributed by atoms with Gasteiger partial charge in [-0.3, -0.25) is 0 Å². The van der Waals surface area contributed by atoms with Gasteiger partial charge in [0.2, 0.25) is 0 Å². The van der Waals surface area contributed by atoms with Crippen LogP contribution in [0.1, 0.15) is 113 Å². The Balaban J connectivity index is 1.57. The van der Waals surface area contributed by atoms with E-state index in [4.69, 9.17) is 0 Å². The van der Waals surface area contributed by atoms with E-state index in [1.165, 1.54) is 56.9 Å². The Kier molecular flexibility index (Phi) is 6.12. The van der Waals surface area contributed by atoms with Crippen LogP contribution < -0.4 is 0 Å². The minimum absolute atomic E-state index is 0.00938. The molecule has 0 aromatic carbocycles. The van der Waals surface area contributed by atoms with Crippen LogP contribution in [-0.4, -0.2) is 6.04 Å². The van der Waals surface area contributed by atoms with Crippen LogP contribution in [0.5, 0.6) is 0 Å². The molecule has 32 heavy (non-hydrogen) atoms. The Hall–Kier alpha value is -0.920. The zero-order chi connectivity index (χ0) is 23.5. The molecular formula is C30H49NO. The van der Waals surface area contributed by atoms with E-state index in [0.29, 0.717) is 34.0 Å². The van der Waals surface area contributed by atoms with Gasteiger partial charge >= 0.3 is 0 Å². The smallest absolute Gasteiger partial charge is 0.0973 e. The summed E-state index contributed by atoms with van der Waals surface area (Å²) < 4.78 is 0. The lowest BCUT2D eigenvalue weighted by Gasteiger charge is -2.64. The summed E-state index contributed by atoms with van der Waals surface area (Å²) in [5.41, 5.74) is 4.37. The highest BCUT2D eigenvalue weighted by atomic mass is 16.3. The SMILES string of the molecule is C=C(CCCC1CC[C@@]2(C)C3=CCC4C(C)(C)C(N=O)CCC4(C)C3CCC12C)C(C)C. The third-order valence-electron chi connectivity index (χ3n) is 12.0. The van der Waals surface area contributed by atoms with Gasteiger partial charge in [-0.1, -0.05) is 77.4 Å². The van der Waals surface area contributed by atoms with Crippen molar-refractivity contribution in [3.05, 3.63) is 28.7 Å². The summed E-state index contributed by atoms with van der Waals surface area (Å²) in [5, 5.41) is 3.59. The second kappa shape index (κ2) is 8.09. The topological polar surface area (TPSA) is 29.4 Å². The van der Waals surface area contributed by atoms with Gasteiger partial charge in [0, 0.05) is 0 Å². The fourth-order valence-electron chi connectivity index (χ4n) is 9.33. The first-order valence-corrected chi connectivity index (χ1v) is 13.6. The molecule has 0 spiro atoms. The maximum absolute atomic E-state index is 11.6. The molecule has 3 saturated carbocycles. The first-order valence-electron chi connectivity index (χ1n) is 13.6. The quantitative estimate of drug-likeness (QED) is 0.300. The summed E-state index contributed by atoms with van der Waals surface area (Å²) in [6.45, 7) is 21.4. The van der Waals surface area contributed by atoms with Gasteiger partial charge in [0.1, 0.15) is 0 Å². The molecule has 0 amide bonds. The van der Waals surface area contributed by atoms with Crippen molar-refractivity contribution in [2.75, 3.05) is 0 Å². The third-order valence-corrected chi connectivity index (χ3v) is 12.0. The highest BCUT2D eigenvalue weighted by Gasteiger charge is 2.64. The molecule has 4 aliphatic rings. The van der Waals surface area contributed by atoms with Crippen molar-refractivity contribution in [3.63, 3.8) is 0 Å². The summed E-state index contributed by atoms with van der Waals surface area (Å²) >= 11 is 0. The van der Waals surface area contributed by atoms with Crippen LogP contribution in [0.15, 0.2) is 29.0 Å². The number of hydrogen-bond donors (Lipinski definition) is 0. The Labute approximate surface area is 198 Å². The molecule has 0 bridgehead atoms. The molecule has 3 fully saturated rings. The molecule has 0 radical (unpaired) electrons. The van der Waals surface area contributed by atoms with Crippen LogP contribution in [0.25, 0.3) is 0 Å². The third kappa shape index (κ3) is 3.32. The van der Waals surface area contributed by atoms with Gasteiger partial charge < -0.3 is 0 Å². The van der Waals surface area contributed by atoms with Crippen molar-refractivity contribution in [3.8, 4) is 0 Å². The highest BCUT2D eigenvalue weighted by Crippen LogP contribution is 2.73. The molecule has 7 atom stereocenters. The zero-order valence-electron chi connectivity index (χ0n) is 22.1. The second-order valence-electron chi connectivity index (χ2n) is 13.7. The Morgan fingerprint density at radius 2 is 1.81 bits per heavy atom. The van der Waals surface area contributed by atoms with Crippen LogP contribution in [0, 0.1) is 50.2 Å². The van der Waals surface area contributed by atoms with Crippen LogP contribution in [0.2, 0.25) is 0 Å². The first-order chi connectivity index (χ1) is 14.9. The molecule has 0 aromatic rings. The fourth-order valence-corrected chi connectivity index (χ4v) is 9.33. The zero-order valence-corrected chi connectivity index (χ0v) is 22.1. The largest absolute Gasteiger partial charge is 0.150 e. The van der Waals surface area contributed by atoms with Crippen molar-refractivity contribution >= 4 is 0 Å². The summed E-state index contributed by atoms with van der Waals surface area (Å²) in [7, 11) is 0. The number of rotatable bonds is 6. The summed E-state index contributed by atoms with van der Waals surface area (Å²) in [4.78, 5) is 11.6. The lowest BCUT2D eigenvalue weighted by molar-refractivity contribution is -0.0843. The maximum atomic E-state index is 11.6. The molecule has 0 aliphatic heterocycles. The fraction of sp³-hybridized carbons (Fsp3) is 0.867. The highest BCUT2D eigenvalue weighted by molar-refractivity contribution is 5.33. The van der Waals surface area contributed by atoms with E-state index in [1.807, 2.05) is 5.57 Å². The molecular weight excluding hydrogens is 390 g/mol. The maximum Gasteiger partial charge on any atom is 0.0973 e. The molecule has 0 saturated heterocycles. The van der Waals surface area contributed by atoms with Crippen molar-refractivity contribution in [2.24, 2.45) is 50.5 Å². The molecule has 0 heterocycles. The lowest BCUT2D eigenvalue weighted by Crippen LogP contribution is -2.57. The van der Waals surface area contributed by atoms with Crippen molar-refractivity contribution < 1.29 is 0 Å². The Morgan fingerprint density at radius 1 is 1.09 bits per heavy atom. The van der Waals surface area contributed by atoms with Crippen molar-refractivity contribution in [1.29, 1.82) is 0 Å². The predicted molar refractivity (Wildman–Crippen MR) is 136 cm³/mol. The number of hydrogen-bond acceptors (Lipinski definition) is 2. The van der Waals surface area contributed by atoms with Gasteiger partial charge in [-0.15, -0.1) is 0 Å². The minimum Gasteiger partial charge on any atom is -0.150 e. The van der Waals surface area contributed by atoms with Gasteiger partial charge in [-0.05, 0) is 110 Å². The van der Waals surface area contributed by atoms with E-state index in [0.717, 1.165) is 18.8 Å².